The number of amides is 1. The normalized spacial score (nSPS) is 21.7. The molecule has 7 heteroatoms. The second kappa shape index (κ2) is 8.04. The number of allylic oxidation sites excluding steroid dienone is 1. The zero-order valence-corrected chi connectivity index (χ0v) is 17.5. The molecule has 2 aliphatic heterocycles. The molecule has 2 aromatic carbocycles. The molecule has 2 heterocycles. The van der Waals surface area contributed by atoms with Gasteiger partial charge in [0, 0.05) is 41.9 Å². The molecule has 5 rings (SSSR count). The summed E-state index contributed by atoms with van der Waals surface area (Å²) < 4.78 is 41.9. The fourth-order valence-electron chi connectivity index (χ4n) is 4.91. The fraction of sp³-hybridized carbons (Fsp3) is 0.320. The molecule has 0 radical (unpaired) electrons. The van der Waals surface area contributed by atoms with Crippen molar-refractivity contribution < 1.29 is 18.0 Å². The first-order valence-electron chi connectivity index (χ1n) is 10.9. The van der Waals surface area contributed by atoms with E-state index >= 15 is 0 Å². The van der Waals surface area contributed by atoms with Crippen molar-refractivity contribution in [1.82, 2.24) is 0 Å². The number of para-hydroxylation sites is 1. The smallest absolute Gasteiger partial charge is 0.367 e. The van der Waals surface area contributed by atoms with Crippen LogP contribution in [0, 0.1) is 5.92 Å². The molecule has 2 aromatic rings. The van der Waals surface area contributed by atoms with Crippen molar-refractivity contribution in [2.75, 3.05) is 28.6 Å². The number of fused-ring (bicyclic) bond motifs is 2. The molecule has 1 fully saturated rings. The van der Waals surface area contributed by atoms with Crippen LogP contribution in [0.15, 0.2) is 60.3 Å². The Bertz CT molecular complexity index is 1120. The molecule has 0 aromatic heterocycles. The molecule has 2 N–H and O–H groups in total. The maximum Gasteiger partial charge on any atom is 0.418 e. The first-order valence-corrected chi connectivity index (χ1v) is 10.9. The number of piperidine rings is 1. The second-order valence-corrected chi connectivity index (χ2v) is 8.55. The highest BCUT2D eigenvalue weighted by atomic mass is 19.4. The van der Waals surface area contributed by atoms with Crippen LogP contribution in [-0.4, -0.2) is 19.0 Å². The van der Waals surface area contributed by atoms with Crippen molar-refractivity contribution in [3.63, 3.8) is 0 Å². The van der Waals surface area contributed by atoms with Gasteiger partial charge in [-0.05, 0) is 55.9 Å². The van der Waals surface area contributed by atoms with Gasteiger partial charge in [0.15, 0.2) is 0 Å². The van der Waals surface area contributed by atoms with Crippen LogP contribution in [0.5, 0.6) is 0 Å². The Hall–Kier alpha value is -3.22. The molecule has 0 saturated carbocycles. The lowest BCUT2D eigenvalue weighted by molar-refractivity contribution is -0.137. The first-order chi connectivity index (χ1) is 15.4. The van der Waals surface area contributed by atoms with Crippen molar-refractivity contribution in [2.45, 2.75) is 31.9 Å². The van der Waals surface area contributed by atoms with Gasteiger partial charge in [-0.2, -0.15) is 13.2 Å². The van der Waals surface area contributed by atoms with Crippen molar-refractivity contribution in [1.29, 1.82) is 0 Å². The van der Waals surface area contributed by atoms with E-state index in [0.29, 0.717) is 30.3 Å². The molecule has 4 nitrogen and oxygen atoms in total. The number of carbonyl (C=O) groups is 1. The molecule has 32 heavy (non-hydrogen) atoms. The number of nitrogens with one attached hydrogen (secondary N) is 2. The van der Waals surface area contributed by atoms with Crippen LogP contribution in [0.1, 0.15) is 36.8 Å². The Morgan fingerprint density at radius 1 is 1.12 bits per heavy atom. The van der Waals surface area contributed by atoms with Crippen LogP contribution in [0.4, 0.5) is 30.2 Å². The Morgan fingerprint density at radius 3 is 2.81 bits per heavy atom. The lowest BCUT2D eigenvalue weighted by atomic mass is 9.82. The minimum absolute atomic E-state index is 0.213. The van der Waals surface area contributed by atoms with Crippen molar-refractivity contribution in [3.8, 4) is 0 Å². The minimum atomic E-state index is -4.48. The monoisotopic (exact) mass is 439 g/mol. The number of alkyl halides is 3. The SMILES string of the molecule is O=C1Nc2ccccc2C1=CNc1ccc(N2CCC3CCCC=C3C2)c(C(F)(F)F)c1. The maximum absolute atomic E-state index is 14.0. The number of halogens is 3. The number of rotatable bonds is 3. The number of nitrogens with zero attached hydrogens (tertiary/aromatic N) is 1. The molecule has 0 bridgehead atoms. The van der Waals surface area contributed by atoms with Gasteiger partial charge >= 0.3 is 6.18 Å². The van der Waals surface area contributed by atoms with Gasteiger partial charge in [0.25, 0.3) is 5.91 Å². The van der Waals surface area contributed by atoms with Gasteiger partial charge in [0.1, 0.15) is 0 Å². The molecule has 1 amide bonds. The standard InChI is InChI=1S/C25H24F3N3O/c26-25(27,28)21-13-18(29-14-20-19-7-3-4-8-22(19)30-24(20)32)9-10-23(21)31-12-11-16-5-1-2-6-17(16)15-31/h3-4,6-10,13-14,16,29H,1-2,5,11-12,15H2,(H,30,32). The minimum Gasteiger partial charge on any atom is -0.367 e. The number of carbonyl (C=O) groups excluding carboxylic acids is 1. The van der Waals surface area contributed by atoms with Gasteiger partial charge in [-0.1, -0.05) is 29.8 Å². The highest BCUT2D eigenvalue weighted by Crippen LogP contribution is 2.41. The summed E-state index contributed by atoms with van der Waals surface area (Å²) >= 11 is 0. The zero-order chi connectivity index (χ0) is 22.3. The van der Waals surface area contributed by atoms with E-state index in [1.54, 1.807) is 18.2 Å². The van der Waals surface area contributed by atoms with Crippen LogP contribution in [0.3, 0.4) is 0 Å². The van der Waals surface area contributed by atoms with E-state index in [9.17, 15) is 18.0 Å². The van der Waals surface area contributed by atoms with E-state index in [2.05, 4.69) is 16.7 Å². The van der Waals surface area contributed by atoms with E-state index in [1.165, 1.54) is 24.3 Å². The van der Waals surface area contributed by atoms with Crippen LogP contribution >= 0.6 is 0 Å². The fourth-order valence-corrected chi connectivity index (χ4v) is 4.91. The van der Waals surface area contributed by atoms with Crippen LogP contribution in [0.25, 0.3) is 5.57 Å². The van der Waals surface area contributed by atoms with Crippen LogP contribution in [0.2, 0.25) is 0 Å². The summed E-state index contributed by atoms with van der Waals surface area (Å²) in [5.74, 6) is 0.234. The topological polar surface area (TPSA) is 44.4 Å². The van der Waals surface area contributed by atoms with E-state index in [-0.39, 0.29) is 17.3 Å². The van der Waals surface area contributed by atoms with Crippen molar-refractivity contribution in [3.05, 3.63) is 71.4 Å². The van der Waals surface area contributed by atoms with E-state index in [4.69, 9.17) is 0 Å². The van der Waals surface area contributed by atoms with E-state index < -0.39 is 11.7 Å². The largest absolute Gasteiger partial charge is 0.418 e. The first kappa shape index (κ1) is 20.7. The maximum atomic E-state index is 14.0. The molecular weight excluding hydrogens is 415 g/mol. The molecule has 1 saturated heterocycles. The van der Waals surface area contributed by atoms with Gasteiger partial charge in [0.05, 0.1) is 11.1 Å². The third-order valence-electron chi connectivity index (χ3n) is 6.54. The summed E-state index contributed by atoms with van der Waals surface area (Å²) in [6.07, 6.45) is 3.41. The van der Waals surface area contributed by atoms with Gasteiger partial charge in [0.2, 0.25) is 0 Å². The highest BCUT2D eigenvalue weighted by Gasteiger charge is 2.37. The lowest BCUT2D eigenvalue weighted by Gasteiger charge is -2.38. The van der Waals surface area contributed by atoms with Crippen molar-refractivity contribution in [2.24, 2.45) is 5.92 Å². The molecule has 1 aliphatic carbocycles. The molecule has 1 unspecified atom stereocenters. The van der Waals surface area contributed by atoms with Gasteiger partial charge in [-0.15, -0.1) is 0 Å². The van der Waals surface area contributed by atoms with Gasteiger partial charge in [-0.3, -0.25) is 4.79 Å². The number of hydrogen-bond donors (Lipinski definition) is 2. The average Bonchev–Trinajstić information content (AvgIpc) is 3.11. The predicted molar refractivity (Wildman–Crippen MR) is 120 cm³/mol. The predicted octanol–water partition coefficient (Wildman–Crippen LogP) is 6.05. The second-order valence-electron chi connectivity index (χ2n) is 8.55. The lowest BCUT2D eigenvalue weighted by Crippen LogP contribution is -2.37. The quantitative estimate of drug-likeness (QED) is 0.452. The van der Waals surface area contributed by atoms with E-state index in [1.807, 2.05) is 17.0 Å². The highest BCUT2D eigenvalue weighted by molar-refractivity contribution is 6.31. The summed E-state index contributed by atoms with van der Waals surface area (Å²) in [5, 5.41) is 5.65. The number of benzene rings is 2. The molecular formula is C25H24F3N3O. The Kier molecular flexibility index (Phi) is 5.19. The summed E-state index contributed by atoms with van der Waals surface area (Å²) in [5.41, 5.74) is 2.92. The van der Waals surface area contributed by atoms with Crippen LogP contribution in [-0.2, 0) is 11.0 Å². The number of hydrogen-bond acceptors (Lipinski definition) is 3. The molecule has 166 valence electrons. The molecule has 3 aliphatic rings. The average molecular weight is 439 g/mol. The molecule has 1 atom stereocenters. The Morgan fingerprint density at radius 2 is 1.97 bits per heavy atom. The van der Waals surface area contributed by atoms with Crippen LogP contribution < -0.4 is 15.5 Å². The Balaban J connectivity index is 1.42. The summed E-state index contributed by atoms with van der Waals surface area (Å²) in [7, 11) is 0. The van der Waals surface area contributed by atoms with E-state index in [0.717, 1.165) is 30.9 Å². The molecule has 0 spiro atoms. The third kappa shape index (κ3) is 3.87. The zero-order valence-electron chi connectivity index (χ0n) is 17.5. The summed E-state index contributed by atoms with van der Waals surface area (Å²) in [6.45, 7) is 1.18. The summed E-state index contributed by atoms with van der Waals surface area (Å²) in [6, 6.07) is 11.5. The number of anilines is 3. The third-order valence-corrected chi connectivity index (χ3v) is 6.54. The van der Waals surface area contributed by atoms with Gasteiger partial charge in [-0.25, -0.2) is 0 Å². The Labute approximate surface area is 184 Å². The van der Waals surface area contributed by atoms with Crippen molar-refractivity contribution >= 4 is 28.5 Å². The van der Waals surface area contributed by atoms with Gasteiger partial charge < -0.3 is 15.5 Å². The summed E-state index contributed by atoms with van der Waals surface area (Å²) in [4.78, 5) is 14.1.